The maximum absolute atomic E-state index is 13.6. The van der Waals surface area contributed by atoms with Crippen molar-refractivity contribution in [2.24, 2.45) is 0 Å². The Balaban J connectivity index is 0.798. The van der Waals surface area contributed by atoms with Crippen LogP contribution in [0.5, 0.6) is 5.75 Å². The quantitative estimate of drug-likeness (QED) is 0.0245. The molecule has 1 aliphatic heterocycles. The number of amides is 2. The summed E-state index contributed by atoms with van der Waals surface area (Å²) in [5.41, 5.74) is 1.10. The number of ether oxygens (including phenoxy) is 6. The van der Waals surface area contributed by atoms with Gasteiger partial charge in [-0.3, -0.25) is 34.6 Å². The van der Waals surface area contributed by atoms with Crippen molar-refractivity contribution in [1.82, 2.24) is 29.8 Å². The molecule has 1 aliphatic rings. The van der Waals surface area contributed by atoms with Gasteiger partial charge in [-0.2, -0.15) is 0 Å². The SMILES string of the molecule is O=C(C(=O)N1CCN(C(=O)c2ccccc2)CC1)c1c[nH]c2c(Br)ccc(OCCOCCn3cc(COCCOCCOCCOCCNc4c([N+](=O)[O-])cccc4[N+](=O)[O-])nn3)c12. The number of hydrogen-bond donors (Lipinski definition) is 2. The Morgan fingerprint density at radius 1 is 0.738 bits per heavy atom. The van der Waals surface area contributed by atoms with Crippen LogP contribution < -0.4 is 10.1 Å². The molecule has 22 nitrogen and oxygen atoms in total. The fraction of sp³-hybridized carbons (Fsp3) is 0.405. The molecule has 0 radical (unpaired) electrons. The van der Waals surface area contributed by atoms with Crippen molar-refractivity contribution in [2.75, 3.05) is 104 Å². The number of Topliss-reactive ketones (excluding diaryl/α,β-unsaturated/α-hetero) is 1. The number of hydrogen-bond acceptors (Lipinski definition) is 16. The van der Waals surface area contributed by atoms with E-state index in [0.717, 1.165) is 0 Å². The first-order chi connectivity index (χ1) is 31.6. The second-order valence-electron chi connectivity index (χ2n) is 14.2. The summed E-state index contributed by atoms with van der Waals surface area (Å²) in [7, 11) is 0. The van der Waals surface area contributed by atoms with Gasteiger partial charge in [-0.1, -0.05) is 23.4 Å². The summed E-state index contributed by atoms with van der Waals surface area (Å²) in [6, 6.07) is 16.1. The Morgan fingerprint density at radius 3 is 2.03 bits per heavy atom. The van der Waals surface area contributed by atoms with E-state index in [4.69, 9.17) is 28.4 Å². The van der Waals surface area contributed by atoms with Crippen molar-refractivity contribution >= 4 is 61.5 Å². The predicted molar refractivity (Wildman–Crippen MR) is 236 cm³/mol. The molecule has 0 spiro atoms. The number of anilines is 1. The van der Waals surface area contributed by atoms with Gasteiger partial charge in [0.2, 0.25) is 0 Å². The molecule has 5 aromatic rings. The Hall–Kier alpha value is -6.37. The van der Waals surface area contributed by atoms with Gasteiger partial charge < -0.3 is 48.5 Å². The molecule has 3 aromatic carbocycles. The number of carbonyl (C=O) groups excluding carboxylic acids is 3. The smallest absolute Gasteiger partial charge is 0.299 e. The summed E-state index contributed by atoms with van der Waals surface area (Å²) in [5.74, 6) is -0.999. The number of benzene rings is 3. The standard InChI is InChI=1S/C42H48BrN9O13/c43-33-9-10-36(37-32(27-45-38(33)37)40(53)42(55)49-14-12-48(13-15-49)41(54)30-5-2-1-3-6-30)65-26-25-61-18-16-50-28-31(46-47-50)29-64-24-23-63-22-21-62-20-19-60-17-11-44-39-34(51(56)57)7-4-8-35(39)52(58)59/h1-10,27-28,44-45H,11-26,29H2. The number of rotatable bonds is 27. The molecule has 2 N–H and O–H groups in total. The number of aromatic amines is 1. The highest BCUT2D eigenvalue weighted by molar-refractivity contribution is 9.10. The lowest BCUT2D eigenvalue weighted by molar-refractivity contribution is -0.392. The molecule has 0 unspecified atom stereocenters. The molecule has 3 heterocycles. The van der Waals surface area contributed by atoms with Crippen molar-refractivity contribution in [3.63, 3.8) is 0 Å². The molecule has 0 bridgehead atoms. The first-order valence-electron chi connectivity index (χ1n) is 20.7. The van der Waals surface area contributed by atoms with Crippen LogP contribution in [0.25, 0.3) is 10.9 Å². The van der Waals surface area contributed by atoms with Crippen LogP contribution >= 0.6 is 15.9 Å². The lowest BCUT2D eigenvalue weighted by atomic mass is 10.1. The summed E-state index contributed by atoms with van der Waals surface area (Å²) in [6.45, 7) is 4.78. The second kappa shape index (κ2) is 24.6. The second-order valence-corrected chi connectivity index (χ2v) is 15.1. The average molecular weight is 967 g/mol. The van der Waals surface area contributed by atoms with Crippen LogP contribution in [0.4, 0.5) is 17.1 Å². The Kier molecular flexibility index (Phi) is 18.2. The van der Waals surface area contributed by atoms with Crippen LogP contribution in [-0.4, -0.2) is 156 Å². The van der Waals surface area contributed by atoms with Gasteiger partial charge in [-0.25, -0.2) is 4.68 Å². The number of nitrogens with one attached hydrogen (secondary N) is 2. The average Bonchev–Trinajstić information content (AvgIpc) is 3.98. The number of fused-ring (bicyclic) bond motifs is 1. The normalized spacial score (nSPS) is 12.7. The van der Waals surface area contributed by atoms with Crippen molar-refractivity contribution in [3.05, 3.63) is 115 Å². The van der Waals surface area contributed by atoms with E-state index in [-0.39, 0.29) is 81.2 Å². The van der Waals surface area contributed by atoms with Crippen LogP contribution in [0.3, 0.4) is 0 Å². The number of H-pyrrole nitrogens is 1. The molecule has 1 fully saturated rings. The third-order valence-corrected chi connectivity index (χ3v) is 10.6. The molecule has 0 aliphatic carbocycles. The molecule has 23 heteroatoms. The van der Waals surface area contributed by atoms with Crippen molar-refractivity contribution < 1.29 is 52.7 Å². The molecule has 2 amide bonds. The minimum atomic E-state index is -0.682. The van der Waals surface area contributed by atoms with Crippen molar-refractivity contribution in [2.45, 2.75) is 13.2 Å². The van der Waals surface area contributed by atoms with E-state index in [1.165, 1.54) is 29.3 Å². The van der Waals surface area contributed by atoms with Gasteiger partial charge in [0.25, 0.3) is 29.0 Å². The first kappa shape index (κ1) is 48.1. The Labute approximate surface area is 380 Å². The number of aromatic nitrogens is 4. The molecular formula is C42H48BrN9O13. The third kappa shape index (κ3) is 13.6. The molecule has 346 valence electrons. The number of carbonyl (C=O) groups is 3. The van der Waals surface area contributed by atoms with E-state index in [1.54, 1.807) is 52.2 Å². The van der Waals surface area contributed by atoms with E-state index < -0.39 is 21.5 Å². The lowest BCUT2D eigenvalue weighted by Gasteiger charge is -2.34. The van der Waals surface area contributed by atoms with Gasteiger partial charge in [-0.15, -0.1) is 5.10 Å². The minimum absolute atomic E-state index is 0.110. The molecule has 6 rings (SSSR count). The molecule has 65 heavy (non-hydrogen) atoms. The summed E-state index contributed by atoms with van der Waals surface area (Å²) in [4.78, 5) is 67.1. The zero-order valence-electron chi connectivity index (χ0n) is 35.3. The predicted octanol–water partition coefficient (Wildman–Crippen LogP) is 4.28. The van der Waals surface area contributed by atoms with E-state index >= 15 is 0 Å². The topological polar surface area (TPSA) is 258 Å². The van der Waals surface area contributed by atoms with Crippen molar-refractivity contribution in [1.29, 1.82) is 0 Å². The van der Waals surface area contributed by atoms with Gasteiger partial charge in [-0.05, 0) is 46.3 Å². The first-order valence-corrected chi connectivity index (χ1v) is 21.5. The third-order valence-electron chi connectivity index (χ3n) is 9.92. The van der Waals surface area contributed by atoms with E-state index in [1.807, 2.05) is 6.07 Å². The zero-order chi connectivity index (χ0) is 46.0. The molecule has 0 saturated carbocycles. The molecule has 2 aromatic heterocycles. The number of nitro benzene ring substituents is 2. The van der Waals surface area contributed by atoms with Crippen LogP contribution in [0, 0.1) is 20.2 Å². The van der Waals surface area contributed by atoms with Gasteiger partial charge in [0, 0.05) is 61.1 Å². The van der Waals surface area contributed by atoms with Gasteiger partial charge >= 0.3 is 0 Å². The number of para-hydroxylation sites is 1. The number of halogens is 1. The highest BCUT2D eigenvalue weighted by atomic mass is 79.9. The summed E-state index contributed by atoms with van der Waals surface area (Å²) in [6.07, 6.45) is 3.27. The van der Waals surface area contributed by atoms with Crippen LogP contribution in [0.15, 0.2) is 77.5 Å². The van der Waals surface area contributed by atoms with Crippen LogP contribution in [0.1, 0.15) is 26.4 Å². The minimum Gasteiger partial charge on any atom is -0.490 e. The largest absolute Gasteiger partial charge is 0.490 e. The monoisotopic (exact) mass is 965 g/mol. The molecule has 1 saturated heterocycles. The summed E-state index contributed by atoms with van der Waals surface area (Å²) < 4.78 is 36.2. The summed E-state index contributed by atoms with van der Waals surface area (Å²) in [5, 5.41) is 33.9. The lowest BCUT2D eigenvalue weighted by Crippen LogP contribution is -2.52. The van der Waals surface area contributed by atoms with Gasteiger partial charge in [0.1, 0.15) is 18.1 Å². The number of nitro groups is 2. The Morgan fingerprint density at radius 2 is 1.35 bits per heavy atom. The number of piperazine rings is 1. The Bertz CT molecular complexity index is 2360. The molecular weight excluding hydrogens is 918 g/mol. The van der Waals surface area contributed by atoms with Gasteiger partial charge in [0.15, 0.2) is 5.69 Å². The maximum atomic E-state index is 13.6. The number of nitrogens with zero attached hydrogens (tertiary/aromatic N) is 7. The zero-order valence-corrected chi connectivity index (χ0v) is 36.9. The maximum Gasteiger partial charge on any atom is 0.299 e. The van der Waals surface area contributed by atoms with E-state index in [0.29, 0.717) is 91.7 Å². The van der Waals surface area contributed by atoms with E-state index in [2.05, 4.69) is 36.5 Å². The van der Waals surface area contributed by atoms with Crippen LogP contribution in [0.2, 0.25) is 0 Å². The fourth-order valence-electron chi connectivity index (χ4n) is 6.70. The highest BCUT2D eigenvalue weighted by Crippen LogP contribution is 2.35. The van der Waals surface area contributed by atoms with E-state index in [9.17, 15) is 34.6 Å². The fourth-order valence-corrected chi connectivity index (χ4v) is 7.15. The van der Waals surface area contributed by atoms with Crippen molar-refractivity contribution in [3.8, 4) is 5.75 Å². The molecule has 0 atom stereocenters. The van der Waals surface area contributed by atoms with Gasteiger partial charge in [0.05, 0.1) is 105 Å². The highest BCUT2D eigenvalue weighted by Gasteiger charge is 2.31. The van der Waals surface area contributed by atoms with Crippen LogP contribution in [-0.2, 0) is 41.6 Å². The number of ketones is 1. The summed E-state index contributed by atoms with van der Waals surface area (Å²) >= 11 is 3.51.